The molecule has 2 amide bonds. The maximum Gasteiger partial charge on any atom is 0.251 e. The van der Waals surface area contributed by atoms with Crippen LogP contribution in [0.2, 0.25) is 0 Å². The standard InChI is InChI=1S/C14H22N4O3S/c1-10(18-5-3-17(4-6-18)7-8-19)13(21)16-14-11(12(15)20)2-9-22-14/h2,9-10,19H,3-8H2,1H3,(H2,15,20)(H,16,21). The number of rotatable bonds is 6. The number of hydrogen-bond acceptors (Lipinski definition) is 6. The molecule has 122 valence electrons. The maximum absolute atomic E-state index is 12.3. The third-order valence-electron chi connectivity index (χ3n) is 3.92. The first-order valence-corrected chi connectivity index (χ1v) is 8.16. The van der Waals surface area contributed by atoms with Crippen LogP contribution in [-0.2, 0) is 4.79 Å². The third-order valence-corrected chi connectivity index (χ3v) is 4.75. The second-order valence-electron chi connectivity index (χ2n) is 5.29. The molecule has 4 N–H and O–H groups in total. The predicted molar refractivity (Wildman–Crippen MR) is 86.0 cm³/mol. The van der Waals surface area contributed by atoms with E-state index in [0.29, 0.717) is 17.1 Å². The molecule has 0 saturated carbocycles. The lowest BCUT2D eigenvalue weighted by atomic mass is 10.2. The molecule has 1 unspecified atom stereocenters. The normalized spacial score (nSPS) is 18.1. The Morgan fingerprint density at radius 3 is 2.68 bits per heavy atom. The molecule has 1 atom stereocenters. The summed E-state index contributed by atoms with van der Waals surface area (Å²) >= 11 is 1.29. The minimum Gasteiger partial charge on any atom is -0.395 e. The van der Waals surface area contributed by atoms with Crippen LogP contribution in [-0.4, -0.2) is 72.1 Å². The van der Waals surface area contributed by atoms with E-state index in [1.807, 2.05) is 6.92 Å². The van der Waals surface area contributed by atoms with Crippen LogP contribution in [0.4, 0.5) is 5.00 Å². The highest BCUT2D eigenvalue weighted by atomic mass is 32.1. The molecule has 0 spiro atoms. The number of primary amides is 1. The number of aliphatic hydroxyl groups is 1. The fourth-order valence-corrected chi connectivity index (χ4v) is 3.29. The maximum atomic E-state index is 12.3. The van der Waals surface area contributed by atoms with Gasteiger partial charge in [0, 0.05) is 32.7 Å². The van der Waals surface area contributed by atoms with Gasteiger partial charge in [-0.1, -0.05) is 0 Å². The first kappa shape index (κ1) is 16.9. The van der Waals surface area contributed by atoms with Crippen LogP contribution in [0.1, 0.15) is 17.3 Å². The summed E-state index contributed by atoms with van der Waals surface area (Å²) in [4.78, 5) is 27.9. The van der Waals surface area contributed by atoms with Crippen LogP contribution in [0, 0.1) is 0 Å². The molecule has 2 heterocycles. The second-order valence-corrected chi connectivity index (χ2v) is 6.21. The number of carbonyl (C=O) groups is 2. The van der Waals surface area contributed by atoms with Crippen molar-refractivity contribution < 1.29 is 14.7 Å². The minimum atomic E-state index is -0.540. The van der Waals surface area contributed by atoms with Crippen molar-refractivity contribution in [2.45, 2.75) is 13.0 Å². The van der Waals surface area contributed by atoms with Gasteiger partial charge in [-0.25, -0.2) is 0 Å². The Kier molecular flexibility index (Phi) is 5.90. The largest absolute Gasteiger partial charge is 0.395 e. The molecule has 1 aromatic heterocycles. The van der Waals surface area contributed by atoms with Gasteiger partial charge in [-0.3, -0.25) is 19.4 Å². The Hall–Kier alpha value is -1.48. The lowest BCUT2D eigenvalue weighted by Gasteiger charge is -2.37. The van der Waals surface area contributed by atoms with Gasteiger partial charge in [0.2, 0.25) is 5.91 Å². The van der Waals surface area contributed by atoms with Gasteiger partial charge in [-0.2, -0.15) is 0 Å². The SMILES string of the molecule is CC(C(=O)Nc1sccc1C(N)=O)N1CCN(CCO)CC1. The van der Waals surface area contributed by atoms with Gasteiger partial charge in [0.15, 0.2) is 0 Å². The molecule has 0 bridgehead atoms. The average molecular weight is 326 g/mol. The van der Waals surface area contributed by atoms with Gasteiger partial charge in [0.1, 0.15) is 5.00 Å². The molecular formula is C14H22N4O3S. The number of carbonyl (C=O) groups excluding carboxylic acids is 2. The molecule has 1 saturated heterocycles. The highest BCUT2D eigenvalue weighted by molar-refractivity contribution is 7.14. The van der Waals surface area contributed by atoms with Crippen molar-refractivity contribution in [3.05, 3.63) is 17.0 Å². The minimum absolute atomic E-state index is 0.138. The predicted octanol–water partition coefficient (Wildman–Crippen LogP) is -0.216. The molecule has 1 aromatic rings. The molecule has 1 fully saturated rings. The van der Waals surface area contributed by atoms with E-state index in [-0.39, 0.29) is 18.6 Å². The van der Waals surface area contributed by atoms with Crippen molar-refractivity contribution in [3.63, 3.8) is 0 Å². The monoisotopic (exact) mass is 326 g/mol. The lowest BCUT2D eigenvalue weighted by Crippen LogP contribution is -2.53. The Labute approximate surface area is 133 Å². The van der Waals surface area contributed by atoms with Gasteiger partial charge in [0.05, 0.1) is 18.2 Å². The van der Waals surface area contributed by atoms with Gasteiger partial charge in [-0.15, -0.1) is 11.3 Å². The molecule has 0 aliphatic carbocycles. The summed E-state index contributed by atoms with van der Waals surface area (Å²) in [6.45, 7) is 5.92. The number of nitrogens with one attached hydrogen (secondary N) is 1. The van der Waals surface area contributed by atoms with E-state index in [1.54, 1.807) is 11.4 Å². The van der Waals surface area contributed by atoms with Crippen molar-refractivity contribution in [1.29, 1.82) is 0 Å². The number of hydrogen-bond donors (Lipinski definition) is 3. The highest BCUT2D eigenvalue weighted by Crippen LogP contribution is 2.23. The summed E-state index contributed by atoms with van der Waals surface area (Å²) in [5.41, 5.74) is 5.62. The summed E-state index contributed by atoms with van der Waals surface area (Å²) in [6.07, 6.45) is 0. The fraction of sp³-hybridized carbons (Fsp3) is 0.571. The van der Waals surface area contributed by atoms with Crippen molar-refractivity contribution in [2.24, 2.45) is 5.73 Å². The quantitative estimate of drug-likeness (QED) is 0.671. The number of nitrogens with two attached hydrogens (primary N) is 1. The van der Waals surface area contributed by atoms with Crippen molar-refractivity contribution >= 4 is 28.2 Å². The zero-order valence-electron chi connectivity index (χ0n) is 12.6. The summed E-state index contributed by atoms with van der Waals surface area (Å²) in [6, 6.07) is 1.33. The number of aliphatic hydroxyl groups excluding tert-OH is 1. The molecule has 1 aliphatic rings. The summed E-state index contributed by atoms with van der Waals surface area (Å²) in [5, 5.41) is 14.0. The molecule has 0 aromatic carbocycles. The van der Waals surface area contributed by atoms with Gasteiger partial charge >= 0.3 is 0 Å². The van der Waals surface area contributed by atoms with E-state index in [0.717, 1.165) is 26.2 Å². The van der Waals surface area contributed by atoms with Gasteiger partial charge in [0.25, 0.3) is 5.91 Å². The number of nitrogens with zero attached hydrogens (tertiary/aromatic N) is 2. The van der Waals surface area contributed by atoms with E-state index >= 15 is 0 Å². The highest BCUT2D eigenvalue weighted by Gasteiger charge is 2.26. The Morgan fingerprint density at radius 2 is 2.09 bits per heavy atom. The van der Waals surface area contributed by atoms with Crippen LogP contribution in [0.5, 0.6) is 0 Å². The molecule has 7 nitrogen and oxygen atoms in total. The van der Waals surface area contributed by atoms with Crippen molar-refractivity contribution in [1.82, 2.24) is 9.80 Å². The molecule has 8 heteroatoms. The van der Waals surface area contributed by atoms with Crippen LogP contribution >= 0.6 is 11.3 Å². The number of β-amino-alcohol motifs (C(OH)–C–C–N with tert-alkyl or cyclic N) is 1. The van der Waals surface area contributed by atoms with Crippen LogP contribution in [0.3, 0.4) is 0 Å². The number of piperazine rings is 1. The van der Waals surface area contributed by atoms with Crippen LogP contribution in [0.25, 0.3) is 0 Å². The van der Waals surface area contributed by atoms with E-state index in [2.05, 4.69) is 15.1 Å². The summed E-state index contributed by atoms with van der Waals surface area (Å²) in [7, 11) is 0. The molecule has 0 radical (unpaired) electrons. The van der Waals surface area contributed by atoms with Gasteiger partial charge < -0.3 is 16.2 Å². The van der Waals surface area contributed by atoms with Crippen LogP contribution < -0.4 is 11.1 Å². The smallest absolute Gasteiger partial charge is 0.251 e. The van der Waals surface area contributed by atoms with Crippen molar-refractivity contribution in [3.8, 4) is 0 Å². The molecule has 1 aliphatic heterocycles. The van der Waals surface area contributed by atoms with E-state index < -0.39 is 5.91 Å². The Balaban J connectivity index is 1.90. The topological polar surface area (TPSA) is 98.9 Å². The van der Waals surface area contributed by atoms with E-state index in [4.69, 9.17) is 10.8 Å². The van der Waals surface area contributed by atoms with Gasteiger partial charge in [-0.05, 0) is 18.4 Å². The van der Waals surface area contributed by atoms with E-state index in [1.165, 1.54) is 11.3 Å². The van der Waals surface area contributed by atoms with E-state index in [9.17, 15) is 9.59 Å². The molecular weight excluding hydrogens is 304 g/mol. The first-order chi connectivity index (χ1) is 10.5. The molecule has 22 heavy (non-hydrogen) atoms. The zero-order chi connectivity index (χ0) is 16.1. The summed E-state index contributed by atoms with van der Waals surface area (Å²) < 4.78 is 0. The number of anilines is 1. The average Bonchev–Trinajstić information content (AvgIpc) is 2.96. The first-order valence-electron chi connectivity index (χ1n) is 7.28. The third kappa shape index (κ3) is 4.04. The Morgan fingerprint density at radius 1 is 1.41 bits per heavy atom. The van der Waals surface area contributed by atoms with Crippen LogP contribution in [0.15, 0.2) is 11.4 Å². The fourth-order valence-electron chi connectivity index (χ4n) is 2.50. The lowest BCUT2D eigenvalue weighted by molar-refractivity contribution is -0.121. The van der Waals surface area contributed by atoms with Crippen molar-refractivity contribution in [2.75, 3.05) is 44.6 Å². The Bertz CT molecular complexity index is 526. The summed E-state index contributed by atoms with van der Waals surface area (Å²) in [5.74, 6) is -0.678. The number of thiophene rings is 1. The number of amides is 2. The zero-order valence-corrected chi connectivity index (χ0v) is 13.4. The second kappa shape index (κ2) is 7.68. The molecule has 2 rings (SSSR count).